The van der Waals surface area contributed by atoms with Crippen LogP contribution in [-0.4, -0.2) is 25.0 Å². The molecule has 1 aromatic carbocycles. The van der Waals surface area contributed by atoms with Crippen LogP contribution in [0, 0.1) is 0 Å². The fourth-order valence-corrected chi connectivity index (χ4v) is 6.77. The summed E-state index contributed by atoms with van der Waals surface area (Å²) < 4.78 is 2.77. The molecular weight excluding hydrogens is 214 g/mol. The first kappa shape index (κ1) is 11.0. The van der Waals surface area contributed by atoms with E-state index in [0.717, 1.165) is 6.04 Å². The van der Waals surface area contributed by atoms with Crippen LogP contribution in [0.25, 0.3) is 0 Å². The average Bonchev–Trinajstić information content (AvgIpc) is 2.33. The van der Waals surface area contributed by atoms with Crippen LogP contribution in [0.1, 0.15) is 32.1 Å². The van der Waals surface area contributed by atoms with E-state index in [9.17, 15) is 0 Å². The zero-order valence-corrected chi connectivity index (χ0v) is 13.1. The molecule has 3 heteroatoms. The molecule has 0 radical (unpaired) electrons. The summed E-state index contributed by atoms with van der Waals surface area (Å²) in [5.74, 6) is 0. The second-order valence-corrected chi connectivity index (χ2v) is 7.62. The lowest BCUT2D eigenvalue weighted by atomic mass is 9.95. The fraction of sp³-hybridized carbons (Fsp3) is 0.500. The number of hydrogen-bond donors (Lipinski definition) is 0. The lowest BCUT2D eigenvalue weighted by Crippen LogP contribution is -2.40. The van der Waals surface area contributed by atoms with E-state index in [1.165, 1.54) is 47.6 Å². The molecule has 1 nitrogen and oxygen atoms in total. The van der Waals surface area contributed by atoms with Gasteiger partial charge >= 0.3 is 0 Å². The largest absolute Gasteiger partial charge is 0.404 e. The summed E-state index contributed by atoms with van der Waals surface area (Å²) in [6.07, 6.45) is 7.23. The minimum absolute atomic E-state index is 0.0571. The highest BCUT2D eigenvalue weighted by Crippen LogP contribution is 2.25. The number of para-hydroxylation sites is 1. The van der Waals surface area contributed by atoms with Crippen LogP contribution in [0.4, 0.5) is 5.69 Å². The maximum atomic E-state index is 2.77. The van der Waals surface area contributed by atoms with Gasteiger partial charge in [0.05, 0.1) is 0 Å². The highest BCUT2D eigenvalue weighted by atomic mass is 29.1. The van der Waals surface area contributed by atoms with Gasteiger partial charge in [0.1, 0.15) is 9.20 Å². The molecule has 0 saturated heterocycles. The Morgan fingerprint density at radius 2 is 1.73 bits per heavy atom. The third kappa shape index (κ3) is 2.72. The van der Waals surface area contributed by atoms with Crippen molar-refractivity contribution >= 4 is 24.6 Å². The predicted octanol–water partition coefficient (Wildman–Crippen LogP) is 1.19. The van der Waals surface area contributed by atoms with Gasteiger partial charge in [0.15, 0.2) is 0 Å². The summed E-state index contributed by atoms with van der Waals surface area (Å²) in [4.78, 5) is 0. The van der Waals surface area contributed by atoms with Crippen LogP contribution >= 0.6 is 0 Å². The number of rotatable bonds is 3. The smallest absolute Gasteiger partial charge is 0.103 e. The van der Waals surface area contributed by atoms with Gasteiger partial charge in [-0.1, -0.05) is 37.5 Å². The van der Waals surface area contributed by atoms with Crippen LogP contribution < -0.4 is 4.57 Å². The standard InChI is InChI=1S/C12H21NSi2/c14-15-13(11-7-3-1-4-8-11)12-9-5-2-6-10-12/h1,3-4,7-8,12H,2,5-6,9-10,15H2,14H3. The minimum Gasteiger partial charge on any atom is -0.404 e. The number of anilines is 1. The zero-order valence-electron chi connectivity index (χ0n) is 9.65. The van der Waals surface area contributed by atoms with Gasteiger partial charge in [-0.2, -0.15) is 0 Å². The first-order valence-electron chi connectivity index (χ1n) is 6.23. The topological polar surface area (TPSA) is 3.24 Å². The Balaban J connectivity index is 2.09. The summed E-state index contributed by atoms with van der Waals surface area (Å²) in [7, 11) is 1.46. The Labute approximate surface area is 98.0 Å². The molecule has 82 valence electrons. The maximum Gasteiger partial charge on any atom is 0.103 e. The maximum absolute atomic E-state index is 2.77. The van der Waals surface area contributed by atoms with Gasteiger partial charge in [-0.3, -0.25) is 0 Å². The van der Waals surface area contributed by atoms with Crippen molar-refractivity contribution in [3.05, 3.63) is 30.3 Å². The Kier molecular flexibility index (Phi) is 4.03. The highest BCUT2D eigenvalue weighted by Gasteiger charge is 2.19. The van der Waals surface area contributed by atoms with E-state index in [1.54, 1.807) is 0 Å². The van der Waals surface area contributed by atoms with E-state index >= 15 is 0 Å². The molecule has 2 rings (SSSR count). The number of nitrogens with zero attached hydrogens (tertiary/aromatic N) is 1. The van der Waals surface area contributed by atoms with E-state index in [2.05, 4.69) is 34.9 Å². The van der Waals surface area contributed by atoms with Gasteiger partial charge in [-0.25, -0.2) is 0 Å². The molecule has 1 saturated carbocycles. The Morgan fingerprint density at radius 3 is 2.33 bits per heavy atom. The highest BCUT2D eigenvalue weighted by molar-refractivity contribution is 6.91. The van der Waals surface area contributed by atoms with Crippen molar-refractivity contribution in [3.63, 3.8) is 0 Å². The van der Waals surface area contributed by atoms with Crippen LogP contribution in [0.2, 0.25) is 0 Å². The molecule has 1 aliphatic rings. The zero-order chi connectivity index (χ0) is 10.5. The van der Waals surface area contributed by atoms with Crippen LogP contribution in [0.15, 0.2) is 30.3 Å². The van der Waals surface area contributed by atoms with Gasteiger partial charge in [0.2, 0.25) is 0 Å². The van der Waals surface area contributed by atoms with Crippen molar-refractivity contribution in [3.8, 4) is 0 Å². The van der Waals surface area contributed by atoms with Crippen LogP contribution in [0.3, 0.4) is 0 Å². The van der Waals surface area contributed by atoms with Gasteiger partial charge in [0.25, 0.3) is 0 Å². The SMILES string of the molecule is [SiH3][SiH2]N(c1ccccc1)C1CCCCC1. The quantitative estimate of drug-likeness (QED) is 0.712. The molecule has 0 unspecified atom stereocenters. The van der Waals surface area contributed by atoms with Crippen molar-refractivity contribution in [2.75, 3.05) is 4.57 Å². The molecule has 0 spiro atoms. The molecule has 1 fully saturated rings. The Bertz CT molecular complexity index is 283. The average molecular weight is 235 g/mol. The van der Waals surface area contributed by atoms with Crippen molar-refractivity contribution in [1.82, 2.24) is 0 Å². The number of benzene rings is 1. The number of hydrogen-bond acceptors (Lipinski definition) is 1. The van der Waals surface area contributed by atoms with Gasteiger partial charge in [0, 0.05) is 21.5 Å². The van der Waals surface area contributed by atoms with Gasteiger partial charge < -0.3 is 4.57 Å². The van der Waals surface area contributed by atoms with E-state index in [0.29, 0.717) is 0 Å². The molecular formula is C12H21NSi2. The van der Waals surface area contributed by atoms with E-state index in [4.69, 9.17) is 0 Å². The molecule has 0 amide bonds. The summed E-state index contributed by atoms with van der Waals surface area (Å²) in [5.41, 5.74) is 1.49. The first-order chi connectivity index (χ1) is 7.42. The van der Waals surface area contributed by atoms with Crippen molar-refractivity contribution in [2.45, 2.75) is 38.1 Å². The van der Waals surface area contributed by atoms with Crippen molar-refractivity contribution < 1.29 is 0 Å². The molecule has 0 aliphatic heterocycles. The van der Waals surface area contributed by atoms with Crippen LogP contribution in [0.5, 0.6) is 0 Å². The van der Waals surface area contributed by atoms with Gasteiger partial charge in [-0.15, -0.1) is 0 Å². The molecule has 1 aliphatic carbocycles. The summed E-state index contributed by atoms with van der Waals surface area (Å²) >= 11 is 0. The Morgan fingerprint density at radius 1 is 1.07 bits per heavy atom. The predicted molar refractivity (Wildman–Crippen MR) is 74.3 cm³/mol. The lowest BCUT2D eigenvalue weighted by molar-refractivity contribution is 0.444. The second kappa shape index (κ2) is 5.51. The molecule has 0 N–H and O–H groups in total. The second-order valence-electron chi connectivity index (χ2n) is 4.41. The minimum atomic E-state index is 0.0571. The molecule has 0 atom stereocenters. The summed E-state index contributed by atoms with van der Waals surface area (Å²) in [5, 5.41) is 0. The molecule has 1 aromatic rings. The van der Waals surface area contributed by atoms with E-state index in [1.807, 2.05) is 0 Å². The fourth-order valence-electron chi connectivity index (χ4n) is 2.66. The molecule has 0 heterocycles. The lowest BCUT2D eigenvalue weighted by Gasteiger charge is -2.36. The van der Waals surface area contributed by atoms with Gasteiger partial charge in [-0.05, 0) is 25.0 Å². The van der Waals surface area contributed by atoms with Crippen molar-refractivity contribution in [1.29, 1.82) is 0 Å². The summed E-state index contributed by atoms with van der Waals surface area (Å²) in [6.45, 7) is 0. The third-order valence-corrected chi connectivity index (χ3v) is 7.05. The first-order valence-corrected chi connectivity index (χ1v) is 12.5. The third-order valence-electron chi connectivity index (χ3n) is 3.44. The molecule has 0 aromatic heterocycles. The Hall–Kier alpha value is -0.546. The molecule has 0 bridgehead atoms. The monoisotopic (exact) mass is 235 g/mol. The molecule has 15 heavy (non-hydrogen) atoms. The van der Waals surface area contributed by atoms with E-state index < -0.39 is 0 Å². The van der Waals surface area contributed by atoms with Crippen molar-refractivity contribution in [2.24, 2.45) is 0 Å². The van der Waals surface area contributed by atoms with E-state index in [-0.39, 0.29) is 9.20 Å². The van der Waals surface area contributed by atoms with Crippen LogP contribution in [-0.2, 0) is 0 Å². The normalized spacial score (nSPS) is 18.7. The summed E-state index contributed by atoms with van der Waals surface area (Å²) in [6, 6.07) is 11.9.